The van der Waals surface area contributed by atoms with Gasteiger partial charge in [-0.15, -0.1) is 0 Å². The molecule has 0 spiro atoms. The zero-order valence-electron chi connectivity index (χ0n) is 8.39. The molecule has 0 aliphatic heterocycles. The Bertz CT molecular complexity index is 516. The molecular weight excluding hydrogens is 299 g/mol. The van der Waals surface area contributed by atoms with E-state index in [0.29, 0.717) is 0 Å². The van der Waals surface area contributed by atoms with Crippen molar-refractivity contribution in [3.63, 3.8) is 0 Å². The lowest BCUT2D eigenvalue weighted by atomic mass is 9.92. The predicted molar refractivity (Wildman–Crippen MR) is 70.9 cm³/mol. The monoisotopic (exact) mass is 312 g/mol. The van der Waals surface area contributed by atoms with Crippen LogP contribution in [0.3, 0.4) is 0 Å². The summed E-state index contributed by atoms with van der Waals surface area (Å²) in [7, 11) is 0. The SMILES string of the molecule is N[C@@H]1CCCc2c1[nH]c1ccc(I)cc21. The van der Waals surface area contributed by atoms with E-state index in [9.17, 15) is 0 Å². The summed E-state index contributed by atoms with van der Waals surface area (Å²) in [6.45, 7) is 0. The summed E-state index contributed by atoms with van der Waals surface area (Å²) in [6, 6.07) is 6.75. The third kappa shape index (κ3) is 1.49. The van der Waals surface area contributed by atoms with Gasteiger partial charge < -0.3 is 10.7 Å². The lowest BCUT2D eigenvalue weighted by molar-refractivity contribution is 0.562. The first kappa shape index (κ1) is 9.66. The number of aryl methyl sites for hydroxylation is 1. The van der Waals surface area contributed by atoms with Crippen molar-refractivity contribution in [2.45, 2.75) is 25.3 Å². The molecular formula is C12H13IN2. The fourth-order valence-corrected chi connectivity index (χ4v) is 2.96. The van der Waals surface area contributed by atoms with Gasteiger partial charge in [0.15, 0.2) is 0 Å². The van der Waals surface area contributed by atoms with Crippen LogP contribution in [0.2, 0.25) is 0 Å². The van der Waals surface area contributed by atoms with E-state index in [1.165, 1.54) is 38.6 Å². The van der Waals surface area contributed by atoms with E-state index in [2.05, 4.69) is 45.8 Å². The van der Waals surface area contributed by atoms with Gasteiger partial charge in [0.05, 0.1) is 0 Å². The number of rotatable bonds is 0. The van der Waals surface area contributed by atoms with E-state index in [1.807, 2.05) is 0 Å². The third-order valence-electron chi connectivity index (χ3n) is 3.21. The molecule has 2 nitrogen and oxygen atoms in total. The van der Waals surface area contributed by atoms with Crippen molar-refractivity contribution in [2.75, 3.05) is 0 Å². The molecule has 1 heterocycles. The Balaban J connectivity index is 2.31. The highest BCUT2D eigenvalue weighted by Gasteiger charge is 2.21. The van der Waals surface area contributed by atoms with Gasteiger partial charge in [-0.05, 0) is 65.6 Å². The van der Waals surface area contributed by atoms with Crippen molar-refractivity contribution in [2.24, 2.45) is 5.73 Å². The summed E-state index contributed by atoms with van der Waals surface area (Å²) >= 11 is 2.36. The van der Waals surface area contributed by atoms with Crippen molar-refractivity contribution >= 4 is 33.5 Å². The first-order chi connectivity index (χ1) is 7.25. The number of aromatic amines is 1. The van der Waals surface area contributed by atoms with Crippen LogP contribution in [0.25, 0.3) is 10.9 Å². The van der Waals surface area contributed by atoms with Crippen LogP contribution in [-0.4, -0.2) is 4.98 Å². The third-order valence-corrected chi connectivity index (χ3v) is 3.88. The lowest BCUT2D eigenvalue weighted by Crippen LogP contribution is -2.16. The molecule has 0 saturated heterocycles. The first-order valence-electron chi connectivity index (χ1n) is 5.31. The summed E-state index contributed by atoms with van der Waals surface area (Å²) < 4.78 is 1.29. The van der Waals surface area contributed by atoms with Crippen molar-refractivity contribution in [3.05, 3.63) is 33.0 Å². The molecule has 3 heteroatoms. The van der Waals surface area contributed by atoms with Crippen LogP contribution in [0, 0.1) is 3.57 Å². The van der Waals surface area contributed by atoms with Crippen LogP contribution < -0.4 is 5.73 Å². The van der Waals surface area contributed by atoms with Crippen molar-refractivity contribution < 1.29 is 0 Å². The highest BCUT2D eigenvalue weighted by Crippen LogP contribution is 2.33. The standard InChI is InChI=1S/C12H13IN2/c13-7-4-5-11-9(6-7)8-2-1-3-10(14)12(8)15-11/h4-6,10,15H,1-3,14H2/t10-/m1/s1. The van der Waals surface area contributed by atoms with Gasteiger partial charge in [-0.1, -0.05) is 0 Å². The molecule has 0 amide bonds. The number of fused-ring (bicyclic) bond motifs is 3. The number of halogens is 1. The van der Waals surface area contributed by atoms with Crippen LogP contribution in [0.5, 0.6) is 0 Å². The van der Waals surface area contributed by atoms with Gasteiger partial charge >= 0.3 is 0 Å². The molecule has 1 aliphatic carbocycles. The highest BCUT2D eigenvalue weighted by atomic mass is 127. The maximum Gasteiger partial charge on any atom is 0.0460 e. The Morgan fingerprint density at radius 3 is 3.13 bits per heavy atom. The summed E-state index contributed by atoms with van der Waals surface area (Å²) in [5, 5.41) is 1.37. The van der Waals surface area contributed by atoms with E-state index in [4.69, 9.17) is 5.73 Å². The second kappa shape index (κ2) is 3.49. The van der Waals surface area contributed by atoms with Crippen molar-refractivity contribution in [1.82, 2.24) is 4.98 Å². The molecule has 3 rings (SSSR count). The zero-order valence-corrected chi connectivity index (χ0v) is 10.5. The van der Waals surface area contributed by atoms with Crippen molar-refractivity contribution in [3.8, 4) is 0 Å². The van der Waals surface area contributed by atoms with Crippen LogP contribution in [0.1, 0.15) is 30.1 Å². The van der Waals surface area contributed by atoms with Gasteiger partial charge in [0, 0.05) is 26.2 Å². The Hall–Kier alpha value is -0.550. The first-order valence-corrected chi connectivity index (χ1v) is 6.39. The molecule has 0 unspecified atom stereocenters. The number of hydrogen-bond acceptors (Lipinski definition) is 1. The van der Waals surface area contributed by atoms with Gasteiger partial charge in [0.1, 0.15) is 0 Å². The maximum atomic E-state index is 6.12. The van der Waals surface area contributed by atoms with E-state index < -0.39 is 0 Å². The zero-order chi connectivity index (χ0) is 10.4. The minimum Gasteiger partial charge on any atom is -0.357 e. The average molecular weight is 312 g/mol. The maximum absolute atomic E-state index is 6.12. The molecule has 1 aromatic heterocycles. The van der Waals surface area contributed by atoms with Gasteiger partial charge in [-0.3, -0.25) is 0 Å². The second-order valence-electron chi connectivity index (χ2n) is 4.21. The number of hydrogen-bond donors (Lipinski definition) is 2. The van der Waals surface area contributed by atoms with E-state index in [-0.39, 0.29) is 6.04 Å². The van der Waals surface area contributed by atoms with Gasteiger partial charge in [-0.25, -0.2) is 0 Å². The van der Waals surface area contributed by atoms with Gasteiger partial charge in [-0.2, -0.15) is 0 Å². The Labute approximate surface area is 102 Å². The quantitative estimate of drug-likeness (QED) is 0.721. The number of nitrogens with two attached hydrogens (primary N) is 1. The molecule has 0 fully saturated rings. The fraction of sp³-hybridized carbons (Fsp3) is 0.333. The average Bonchev–Trinajstić information content (AvgIpc) is 2.58. The van der Waals surface area contributed by atoms with Crippen molar-refractivity contribution in [1.29, 1.82) is 0 Å². The molecule has 2 aromatic rings. The minimum absolute atomic E-state index is 0.207. The summed E-state index contributed by atoms with van der Waals surface area (Å²) in [5.74, 6) is 0. The van der Waals surface area contributed by atoms with E-state index in [1.54, 1.807) is 0 Å². The molecule has 0 radical (unpaired) electrons. The highest BCUT2D eigenvalue weighted by molar-refractivity contribution is 14.1. The molecule has 1 aliphatic rings. The van der Waals surface area contributed by atoms with Crippen LogP contribution in [0.4, 0.5) is 0 Å². The molecule has 1 aromatic carbocycles. The number of benzene rings is 1. The van der Waals surface area contributed by atoms with Crippen LogP contribution in [0.15, 0.2) is 18.2 Å². The summed E-state index contributed by atoms with van der Waals surface area (Å²) in [6.07, 6.45) is 3.49. The number of nitrogens with one attached hydrogen (secondary N) is 1. The molecule has 1 atom stereocenters. The Kier molecular flexibility index (Phi) is 2.25. The van der Waals surface area contributed by atoms with Gasteiger partial charge in [0.25, 0.3) is 0 Å². The second-order valence-corrected chi connectivity index (χ2v) is 5.45. The number of H-pyrrole nitrogens is 1. The normalized spacial score (nSPS) is 20.5. The molecule has 3 N–H and O–H groups in total. The molecule has 78 valence electrons. The smallest absolute Gasteiger partial charge is 0.0460 e. The molecule has 0 saturated carbocycles. The predicted octanol–water partition coefficient (Wildman–Crippen LogP) is 3.11. The Morgan fingerprint density at radius 1 is 1.40 bits per heavy atom. The number of aromatic nitrogens is 1. The van der Waals surface area contributed by atoms with Gasteiger partial charge in [0.2, 0.25) is 0 Å². The van der Waals surface area contributed by atoms with Crippen LogP contribution >= 0.6 is 22.6 Å². The minimum atomic E-state index is 0.207. The fourth-order valence-electron chi connectivity index (χ4n) is 2.47. The summed E-state index contributed by atoms with van der Waals surface area (Å²) in [4.78, 5) is 3.46. The molecule has 0 bridgehead atoms. The van der Waals surface area contributed by atoms with E-state index >= 15 is 0 Å². The Morgan fingerprint density at radius 2 is 2.27 bits per heavy atom. The largest absolute Gasteiger partial charge is 0.357 e. The van der Waals surface area contributed by atoms with E-state index in [0.717, 1.165) is 6.42 Å². The van der Waals surface area contributed by atoms with Crippen LogP contribution in [-0.2, 0) is 6.42 Å². The lowest BCUT2D eigenvalue weighted by Gasteiger charge is -2.18. The molecule has 15 heavy (non-hydrogen) atoms. The summed E-state index contributed by atoms with van der Waals surface area (Å²) in [5.41, 5.74) is 10.1. The topological polar surface area (TPSA) is 41.8 Å².